The summed E-state index contributed by atoms with van der Waals surface area (Å²) >= 11 is 0. The lowest BCUT2D eigenvalue weighted by Crippen LogP contribution is -2.40. The Bertz CT molecular complexity index is 151. The molecule has 0 rings (SSSR count). The lowest BCUT2D eigenvalue weighted by Gasteiger charge is -2.33. The van der Waals surface area contributed by atoms with Gasteiger partial charge in [0.25, 0.3) is 0 Å². The van der Waals surface area contributed by atoms with E-state index in [0.29, 0.717) is 6.42 Å². The number of hydrogen-bond acceptors (Lipinski definition) is 2. The van der Waals surface area contributed by atoms with Crippen LogP contribution in [0.5, 0.6) is 0 Å². The fraction of sp³-hybridized carbons (Fsp3) is 0.889. The normalized spacial score (nSPS) is 13.2. The average Bonchev–Trinajstić information content (AvgIpc) is 1.56. The Kier molecular flexibility index (Phi) is 2.70. The van der Waals surface area contributed by atoms with Crippen molar-refractivity contribution >= 4 is 5.97 Å². The highest BCUT2D eigenvalue weighted by Gasteiger charge is 2.26. The van der Waals surface area contributed by atoms with Crippen LogP contribution in [0.15, 0.2) is 0 Å². The zero-order chi connectivity index (χ0) is 9.28. The van der Waals surface area contributed by atoms with Crippen molar-refractivity contribution in [2.24, 2.45) is 10.8 Å². The maximum atomic E-state index is 10.6. The first kappa shape index (κ1) is 10.5. The molecular formula is C9H17O2-. The van der Waals surface area contributed by atoms with Crippen LogP contribution >= 0.6 is 0 Å². The second-order valence-corrected chi connectivity index (χ2v) is 4.91. The molecule has 0 aromatic rings. The number of aliphatic carboxylic acids is 1. The van der Waals surface area contributed by atoms with Crippen LogP contribution in [0.2, 0.25) is 0 Å². The van der Waals surface area contributed by atoms with Gasteiger partial charge in [0.2, 0.25) is 0 Å². The fourth-order valence-electron chi connectivity index (χ4n) is 1.40. The highest BCUT2D eigenvalue weighted by molar-refractivity contribution is 5.71. The smallest absolute Gasteiger partial charge is 0.0470 e. The van der Waals surface area contributed by atoms with Gasteiger partial charge in [0.05, 0.1) is 0 Å². The van der Waals surface area contributed by atoms with Gasteiger partial charge in [-0.1, -0.05) is 34.6 Å². The van der Waals surface area contributed by atoms with Crippen LogP contribution in [0.4, 0.5) is 0 Å². The van der Waals surface area contributed by atoms with Crippen LogP contribution < -0.4 is 5.11 Å². The number of carbonyl (C=O) groups is 1. The molecule has 0 amide bonds. The molecule has 0 bridgehead atoms. The number of carboxylic acids is 1. The quantitative estimate of drug-likeness (QED) is 0.604. The van der Waals surface area contributed by atoms with Crippen LogP contribution in [-0.2, 0) is 4.79 Å². The molecule has 0 unspecified atom stereocenters. The van der Waals surface area contributed by atoms with Gasteiger partial charge in [0, 0.05) is 11.4 Å². The maximum Gasteiger partial charge on any atom is 0.0470 e. The van der Waals surface area contributed by atoms with Crippen molar-refractivity contribution in [2.45, 2.75) is 41.0 Å². The monoisotopic (exact) mass is 157 g/mol. The van der Waals surface area contributed by atoms with Crippen molar-refractivity contribution in [3.63, 3.8) is 0 Å². The highest BCUT2D eigenvalue weighted by Crippen LogP contribution is 2.32. The van der Waals surface area contributed by atoms with Crippen molar-refractivity contribution < 1.29 is 9.90 Å². The zero-order valence-corrected chi connectivity index (χ0v) is 8.02. The van der Waals surface area contributed by atoms with Crippen molar-refractivity contribution in [1.82, 2.24) is 0 Å². The van der Waals surface area contributed by atoms with Gasteiger partial charge in [-0.2, -0.15) is 0 Å². The number of carbonyl (C=O) groups excluding carboxylic acids is 1. The summed E-state index contributed by atoms with van der Waals surface area (Å²) < 4.78 is 0. The summed E-state index contributed by atoms with van der Waals surface area (Å²) in [5, 5.41) is 10.6. The number of rotatable bonds is 2. The van der Waals surface area contributed by atoms with Gasteiger partial charge in [-0.05, 0) is 11.8 Å². The molecule has 0 radical (unpaired) electrons. The Labute approximate surface area is 68.6 Å². The van der Waals surface area contributed by atoms with E-state index in [-0.39, 0.29) is 5.41 Å². The first-order valence-electron chi connectivity index (χ1n) is 3.87. The summed E-state index contributed by atoms with van der Waals surface area (Å²) in [7, 11) is 0. The topological polar surface area (TPSA) is 40.1 Å². The Morgan fingerprint density at radius 1 is 1.18 bits per heavy atom. The standard InChI is InChI=1S/C9H18O2/c1-8(2,3)6-9(4,5)7(10)11/h6H2,1-5H3,(H,10,11)/p-1. The average molecular weight is 157 g/mol. The van der Waals surface area contributed by atoms with Gasteiger partial charge in [0.15, 0.2) is 0 Å². The van der Waals surface area contributed by atoms with E-state index in [9.17, 15) is 9.90 Å². The number of carboxylic acid groups (broad SMARTS) is 1. The van der Waals surface area contributed by atoms with E-state index in [1.54, 1.807) is 13.8 Å². The fourth-order valence-corrected chi connectivity index (χ4v) is 1.40. The molecule has 11 heavy (non-hydrogen) atoms. The largest absolute Gasteiger partial charge is 0.550 e. The minimum atomic E-state index is -0.965. The second-order valence-electron chi connectivity index (χ2n) is 4.91. The molecule has 0 aromatic carbocycles. The Morgan fingerprint density at radius 3 is 1.64 bits per heavy atom. The van der Waals surface area contributed by atoms with Crippen molar-refractivity contribution in [1.29, 1.82) is 0 Å². The molecule has 0 aliphatic heterocycles. The van der Waals surface area contributed by atoms with Crippen LogP contribution in [0.1, 0.15) is 41.0 Å². The van der Waals surface area contributed by atoms with Crippen LogP contribution in [0.25, 0.3) is 0 Å². The van der Waals surface area contributed by atoms with E-state index in [4.69, 9.17) is 0 Å². The van der Waals surface area contributed by atoms with Crippen LogP contribution in [0, 0.1) is 10.8 Å². The number of hydrogen-bond donors (Lipinski definition) is 0. The molecule has 0 saturated heterocycles. The Balaban J connectivity index is 4.25. The molecule has 0 fully saturated rings. The van der Waals surface area contributed by atoms with E-state index < -0.39 is 11.4 Å². The van der Waals surface area contributed by atoms with Crippen LogP contribution in [-0.4, -0.2) is 5.97 Å². The Hall–Kier alpha value is -0.530. The molecule has 2 nitrogen and oxygen atoms in total. The molecule has 0 heterocycles. The van der Waals surface area contributed by atoms with Gasteiger partial charge in [-0.25, -0.2) is 0 Å². The molecule has 0 aliphatic rings. The molecular weight excluding hydrogens is 140 g/mol. The predicted octanol–water partition coefficient (Wildman–Crippen LogP) is 1.20. The highest BCUT2D eigenvalue weighted by atomic mass is 16.4. The second kappa shape index (κ2) is 2.84. The van der Waals surface area contributed by atoms with E-state index in [1.807, 2.05) is 20.8 Å². The van der Waals surface area contributed by atoms with E-state index in [2.05, 4.69) is 0 Å². The van der Waals surface area contributed by atoms with Crippen molar-refractivity contribution in [2.75, 3.05) is 0 Å². The maximum absolute atomic E-state index is 10.6. The Morgan fingerprint density at radius 2 is 1.55 bits per heavy atom. The lowest BCUT2D eigenvalue weighted by atomic mass is 9.76. The summed E-state index contributed by atoms with van der Waals surface area (Å²) in [6.45, 7) is 9.48. The van der Waals surface area contributed by atoms with Crippen molar-refractivity contribution in [3.05, 3.63) is 0 Å². The molecule has 0 aromatic heterocycles. The SMILES string of the molecule is CC(C)(C)CC(C)(C)C(=O)[O-]. The molecule has 0 aliphatic carbocycles. The van der Waals surface area contributed by atoms with Gasteiger partial charge >= 0.3 is 0 Å². The van der Waals surface area contributed by atoms with Gasteiger partial charge in [0.1, 0.15) is 0 Å². The molecule has 66 valence electrons. The van der Waals surface area contributed by atoms with Gasteiger partial charge in [-0.3, -0.25) is 0 Å². The van der Waals surface area contributed by atoms with Gasteiger partial charge < -0.3 is 9.90 Å². The third kappa shape index (κ3) is 4.02. The predicted molar refractivity (Wildman–Crippen MR) is 42.9 cm³/mol. The summed E-state index contributed by atoms with van der Waals surface area (Å²) in [6.07, 6.45) is 0.641. The van der Waals surface area contributed by atoms with E-state index in [1.165, 1.54) is 0 Å². The van der Waals surface area contributed by atoms with E-state index in [0.717, 1.165) is 0 Å². The first-order valence-corrected chi connectivity index (χ1v) is 3.87. The summed E-state index contributed by atoms with van der Waals surface area (Å²) in [5.41, 5.74) is -0.665. The minimum absolute atomic E-state index is 0.0452. The molecule has 0 N–H and O–H groups in total. The summed E-state index contributed by atoms with van der Waals surface area (Å²) in [4.78, 5) is 10.6. The molecule has 0 atom stereocenters. The zero-order valence-electron chi connectivity index (χ0n) is 8.02. The molecule has 0 spiro atoms. The summed E-state index contributed by atoms with van der Waals surface area (Å²) in [5.74, 6) is -0.965. The lowest BCUT2D eigenvalue weighted by molar-refractivity contribution is -0.318. The van der Waals surface area contributed by atoms with Gasteiger partial charge in [-0.15, -0.1) is 0 Å². The first-order chi connectivity index (χ1) is 4.65. The van der Waals surface area contributed by atoms with Crippen LogP contribution in [0.3, 0.4) is 0 Å². The van der Waals surface area contributed by atoms with E-state index >= 15 is 0 Å². The molecule has 0 saturated carbocycles. The minimum Gasteiger partial charge on any atom is -0.550 e. The third-order valence-electron chi connectivity index (χ3n) is 1.52. The molecule has 2 heteroatoms. The third-order valence-corrected chi connectivity index (χ3v) is 1.52. The van der Waals surface area contributed by atoms with Crippen molar-refractivity contribution in [3.8, 4) is 0 Å². The summed E-state index contributed by atoms with van der Waals surface area (Å²) in [6, 6.07) is 0.